The summed E-state index contributed by atoms with van der Waals surface area (Å²) in [5.41, 5.74) is 8.27. The zero-order chi connectivity index (χ0) is 27.0. The second-order valence-corrected chi connectivity index (χ2v) is 16.0. The first-order chi connectivity index (χ1) is 17.2. The van der Waals surface area contributed by atoms with Gasteiger partial charge in [0.05, 0.1) is 18.3 Å². The molecule has 0 radical (unpaired) electrons. The van der Waals surface area contributed by atoms with E-state index in [1.54, 1.807) is 5.57 Å². The van der Waals surface area contributed by atoms with Crippen LogP contribution >= 0.6 is 0 Å². The molecule has 0 amide bonds. The summed E-state index contributed by atoms with van der Waals surface area (Å²) in [6.45, 7) is 23.7. The summed E-state index contributed by atoms with van der Waals surface area (Å²) in [5.74, 6) is 2.00. The summed E-state index contributed by atoms with van der Waals surface area (Å²) in [7, 11) is 0. The molecule has 4 saturated carbocycles. The number of ether oxygens (including phenoxy) is 1. The Hall–Kier alpha value is -0.820. The fraction of sp³-hybridized carbons (Fsp3) is 0.857. The van der Waals surface area contributed by atoms with Gasteiger partial charge in [-0.3, -0.25) is 0 Å². The number of hydrogen-bond donors (Lipinski definition) is 1. The van der Waals surface area contributed by atoms with Crippen molar-refractivity contribution < 1.29 is 9.84 Å². The molecule has 2 heteroatoms. The summed E-state index contributed by atoms with van der Waals surface area (Å²) < 4.78 is 6.72. The Morgan fingerprint density at radius 3 is 2.46 bits per heavy atom. The fourth-order valence-corrected chi connectivity index (χ4v) is 11.0. The molecular weight excluding hydrogens is 452 g/mol. The van der Waals surface area contributed by atoms with E-state index in [0.29, 0.717) is 34.2 Å². The van der Waals surface area contributed by atoms with E-state index in [2.05, 4.69) is 66.9 Å². The van der Waals surface area contributed by atoms with Gasteiger partial charge in [-0.25, -0.2) is 0 Å². The second kappa shape index (κ2) is 9.11. The van der Waals surface area contributed by atoms with Crippen LogP contribution in [0.15, 0.2) is 29.5 Å². The number of hydrogen-bond acceptors (Lipinski definition) is 2. The van der Waals surface area contributed by atoms with Crippen molar-refractivity contribution in [2.45, 2.75) is 144 Å². The van der Waals surface area contributed by atoms with E-state index in [4.69, 9.17) is 4.74 Å². The smallest absolute Gasteiger partial charge is 0.0612 e. The van der Waals surface area contributed by atoms with Crippen LogP contribution in [0.2, 0.25) is 0 Å². The van der Waals surface area contributed by atoms with Crippen LogP contribution in [0.25, 0.3) is 0 Å². The summed E-state index contributed by atoms with van der Waals surface area (Å²) in [6.07, 6.45) is 16.4. The van der Waals surface area contributed by atoms with Crippen molar-refractivity contribution in [2.75, 3.05) is 0 Å². The van der Waals surface area contributed by atoms with Crippen LogP contribution in [-0.4, -0.2) is 23.4 Å². The summed E-state index contributed by atoms with van der Waals surface area (Å²) >= 11 is 0. The zero-order valence-electron chi connectivity index (χ0n) is 25.4. The molecule has 0 bridgehead atoms. The molecule has 208 valence electrons. The summed E-state index contributed by atoms with van der Waals surface area (Å²) in [5, 5.41) is 9.93. The SMILES string of the molecule is C=C=C1CC(C)(C)C[C@H]2C3=CC[C@@H]4[C@@]5(C)CCC[C@@H](O[C@@H](C)C[C@H](C)O)[C@@H]5CC[C@@]4(C)[C@]3(C)CC[C@@]12C. The average molecular weight is 509 g/mol. The highest BCUT2D eigenvalue weighted by Crippen LogP contribution is 2.75. The minimum Gasteiger partial charge on any atom is -0.393 e. The molecule has 5 rings (SSSR count). The van der Waals surface area contributed by atoms with Crippen LogP contribution < -0.4 is 0 Å². The van der Waals surface area contributed by atoms with Gasteiger partial charge in [0, 0.05) is 5.41 Å². The first-order valence-electron chi connectivity index (χ1n) is 15.6. The van der Waals surface area contributed by atoms with Crippen LogP contribution in [0, 0.1) is 44.8 Å². The number of aliphatic hydroxyl groups is 1. The van der Waals surface area contributed by atoms with Crippen molar-refractivity contribution in [1.29, 1.82) is 0 Å². The molecule has 0 aliphatic heterocycles. The Bertz CT molecular complexity index is 983. The van der Waals surface area contributed by atoms with E-state index in [1.807, 2.05) is 6.92 Å². The fourth-order valence-electron chi connectivity index (χ4n) is 11.0. The van der Waals surface area contributed by atoms with E-state index < -0.39 is 0 Å². The molecule has 0 heterocycles. The second-order valence-electron chi connectivity index (χ2n) is 16.0. The monoisotopic (exact) mass is 508 g/mol. The minimum absolute atomic E-state index is 0.133. The van der Waals surface area contributed by atoms with Gasteiger partial charge in [-0.05, 0) is 123 Å². The molecule has 2 nitrogen and oxygen atoms in total. The van der Waals surface area contributed by atoms with E-state index in [0.717, 1.165) is 18.8 Å². The van der Waals surface area contributed by atoms with Gasteiger partial charge in [0.2, 0.25) is 0 Å². The van der Waals surface area contributed by atoms with Crippen LogP contribution in [0.3, 0.4) is 0 Å². The van der Waals surface area contributed by atoms with Gasteiger partial charge < -0.3 is 9.84 Å². The Labute approximate surface area is 228 Å². The Morgan fingerprint density at radius 2 is 1.78 bits per heavy atom. The highest BCUT2D eigenvalue weighted by Gasteiger charge is 2.67. The molecule has 37 heavy (non-hydrogen) atoms. The average Bonchev–Trinajstić information content (AvgIpc) is 2.79. The third-order valence-corrected chi connectivity index (χ3v) is 13.2. The molecule has 0 aromatic rings. The van der Waals surface area contributed by atoms with Gasteiger partial charge in [-0.1, -0.05) is 66.2 Å². The maximum absolute atomic E-state index is 9.93. The Balaban J connectivity index is 1.49. The van der Waals surface area contributed by atoms with Crippen molar-refractivity contribution in [3.05, 3.63) is 29.5 Å². The highest BCUT2D eigenvalue weighted by atomic mass is 16.5. The van der Waals surface area contributed by atoms with Crippen molar-refractivity contribution in [3.8, 4) is 0 Å². The molecule has 0 aromatic carbocycles. The molecule has 10 atom stereocenters. The number of allylic oxidation sites excluding steroid dienone is 3. The van der Waals surface area contributed by atoms with Crippen molar-refractivity contribution in [3.63, 3.8) is 0 Å². The zero-order valence-corrected chi connectivity index (χ0v) is 25.4. The van der Waals surface area contributed by atoms with E-state index >= 15 is 0 Å². The van der Waals surface area contributed by atoms with Gasteiger partial charge in [0.15, 0.2) is 0 Å². The maximum Gasteiger partial charge on any atom is 0.0612 e. The first-order valence-corrected chi connectivity index (χ1v) is 15.6. The standard InChI is InChI=1S/C35H56O2/c1-10-25-21-31(4,5)22-28-26-13-14-30-33(7)16-11-12-29(37-24(3)20-23(2)36)27(33)15-17-35(30,9)34(26,8)19-18-32(25,28)6/h13,23-24,27-30,36H,1,11-12,14-22H2,2-9H3/t23-,24-,27-,28-,29+,30+,32-,33-,34+,35+/m0/s1. The van der Waals surface area contributed by atoms with Gasteiger partial charge in [-0.15, -0.1) is 5.73 Å². The van der Waals surface area contributed by atoms with Gasteiger partial charge in [-0.2, -0.15) is 0 Å². The third-order valence-electron chi connectivity index (χ3n) is 13.2. The van der Waals surface area contributed by atoms with E-state index in [-0.39, 0.29) is 23.0 Å². The number of fused-ring (bicyclic) bond motifs is 7. The Kier molecular flexibility index (Phi) is 6.83. The lowest BCUT2D eigenvalue weighted by Crippen LogP contribution is -2.63. The molecule has 5 aliphatic carbocycles. The minimum atomic E-state index is -0.292. The largest absolute Gasteiger partial charge is 0.393 e. The summed E-state index contributed by atoms with van der Waals surface area (Å²) in [4.78, 5) is 0. The maximum atomic E-state index is 9.93. The van der Waals surface area contributed by atoms with Gasteiger partial charge in [0.25, 0.3) is 0 Å². The summed E-state index contributed by atoms with van der Waals surface area (Å²) in [6, 6.07) is 0. The van der Waals surface area contributed by atoms with Crippen LogP contribution in [0.1, 0.15) is 126 Å². The van der Waals surface area contributed by atoms with Crippen LogP contribution in [0.4, 0.5) is 0 Å². The highest BCUT2D eigenvalue weighted by molar-refractivity contribution is 5.37. The molecule has 1 N–H and O–H groups in total. The molecule has 0 aromatic heterocycles. The number of rotatable bonds is 4. The Morgan fingerprint density at radius 1 is 1.05 bits per heavy atom. The van der Waals surface area contributed by atoms with Crippen molar-refractivity contribution in [1.82, 2.24) is 0 Å². The molecule has 0 saturated heterocycles. The van der Waals surface area contributed by atoms with Gasteiger partial charge in [0.1, 0.15) is 0 Å². The quantitative estimate of drug-likeness (QED) is 0.303. The predicted molar refractivity (Wildman–Crippen MR) is 154 cm³/mol. The molecule has 4 fully saturated rings. The van der Waals surface area contributed by atoms with E-state index in [9.17, 15) is 5.11 Å². The molecule has 0 unspecified atom stereocenters. The lowest BCUT2D eigenvalue weighted by Gasteiger charge is -2.70. The van der Waals surface area contributed by atoms with Crippen molar-refractivity contribution >= 4 is 0 Å². The molecular formula is C35H56O2. The number of aliphatic hydroxyl groups excluding tert-OH is 1. The predicted octanol–water partition coefficient (Wildman–Crippen LogP) is 9.04. The van der Waals surface area contributed by atoms with Gasteiger partial charge >= 0.3 is 0 Å². The topological polar surface area (TPSA) is 29.5 Å². The van der Waals surface area contributed by atoms with Crippen molar-refractivity contribution in [2.24, 2.45) is 44.8 Å². The molecule has 5 aliphatic rings. The lowest BCUT2D eigenvalue weighted by molar-refractivity contribution is -0.192. The third kappa shape index (κ3) is 4.10. The van der Waals surface area contributed by atoms with E-state index in [1.165, 1.54) is 63.4 Å². The molecule has 0 spiro atoms. The first kappa shape index (κ1) is 27.7. The lowest BCUT2D eigenvalue weighted by atomic mass is 9.35. The van der Waals surface area contributed by atoms with Crippen LogP contribution in [0.5, 0.6) is 0 Å². The van der Waals surface area contributed by atoms with Crippen LogP contribution in [-0.2, 0) is 4.74 Å². The normalized spacial score (nSPS) is 48.4.